The lowest BCUT2D eigenvalue weighted by molar-refractivity contribution is 0.195. The predicted octanol–water partition coefficient (Wildman–Crippen LogP) is 2.89. The molecule has 0 spiro atoms. The van der Waals surface area contributed by atoms with Gasteiger partial charge in [-0.05, 0) is 63.7 Å². The third kappa shape index (κ3) is 4.26. The van der Waals surface area contributed by atoms with E-state index in [1.807, 2.05) is 0 Å². The highest BCUT2D eigenvalue weighted by atomic mass is 15.1. The molecule has 2 nitrogen and oxygen atoms in total. The van der Waals surface area contributed by atoms with Gasteiger partial charge in [0.1, 0.15) is 0 Å². The number of piperidine rings is 1. The van der Waals surface area contributed by atoms with E-state index in [1.165, 1.54) is 64.7 Å². The maximum Gasteiger partial charge on any atom is 0.00915 e. The van der Waals surface area contributed by atoms with Crippen LogP contribution in [-0.2, 0) is 0 Å². The summed E-state index contributed by atoms with van der Waals surface area (Å²) < 4.78 is 0. The average molecular weight is 238 g/mol. The van der Waals surface area contributed by atoms with Gasteiger partial charge in [0.25, 0.3) is 0 Å². The van der Waals surface area contributed by atoms with Crippen molar-refractivity contribution in [2.24, 2.45) is 11.8 Å². The Balaban J connectivity index is 1.59. The fourth-order valence-electron chi connectivity index (χ4n) is 3.32. The van der Waals surface area contributed by atoms with E-state index < -0.39 is 0 Å². The molecular weight excluding hydrogens is 208 g/mol. The van der Waals surface area contributed by atoms with Crippen molar-refractivity contribution >= 4 is 0 Å². The highest BCUT2D eigenvalue weighted by molar-refractivity contribution is 4.79. The molecule has 2 heteroatoms. The molecule has 1 N–H and O–H groups in total. The molecule has 2 rings (SSSR count). The van der Waals surface area contributed by atoms with Crippen molar-refractivity contribution in [1.29, 1.82) is 0 Å². The molecule has 0 atom stereocenters. The Morgan fingerprint density at radius 1 is 1.00 bits per heavy atom. The topological polar surface area (TPSA) is 15.3 Å². The normalized spacial score (nSPS) is 32.8. The minimum Gasteiger partial charge on any atom is -0.314 e. The monoisotopic (exact) mass is 238 g/mol. The fraction of sp³-hybridized carbons (Fsp3) is 1.00. The molecule has 0 aromatic carbocycles. The Bertz CT molecular complexity index is 201. The van der Waals surface area contributed by atoms with Crippen LogP contribution in [0.4, 0.5) is 0 Å². The Labute approximate surface area is 107 Å². The van der Waals surface area contributed by atoms with Crippen LogP contribution in [0.1, 0.15) is 52.4 Å². The van der Waals surface area contributed by atoms with Crippen LogP contribution in [0.3, 0.4) is 0 Å². The molecule has 0 aromatic heterocycles. The number of hydrogen-bond donors (Lipinski definition) is 1. The summed E-state index contributed by atoms with van der Waals surface area (Å²) in [6, 6.07) is 0.803. The molecule has 2 aliphatic rings. The van der Waals surface area contributed by atoms with Gasteiger partial charge in [0.05, 0.1) is 0 Å². The van der Waals surface area contributed by atoms with Crippen LogP contribution in [0.2, 0.25) is 0 Å². The molecule has 1 heterocycles. The number of likely N-dealkylation sites (tertiary alicyclic amines) is 1. The first kappa shape index (κ1) is 13.4. The van der Waals surface area contributed by atoms with E-state index >= 15 is 0 Å². The number of nitrogens with zero attached hydrogens (tertiary/aromatic N) is 1. The van der Waals surface area contributed by atoms with Gasteiger partial charge in [0, 0.05) is 6.04 Å². The third-order valence-corrected chi connectivity index (χ3v) is 4.87. The van der Waals surface area contributed by atoms with Gasteiger partial charge in [0.2, 0.25) is 0 Å². The summed E-state index contributed by atoms with van der Waals surface area (Å²) in [6.07, 6.45) is 8.55. The van der Waals surface area contributed by atoms with Crippen LogP contribution in [-0.4, -0.2) is 37.1 Å². The lowest BCUT2D eigenvalue weighted by Crippen LogP contribution is -2.43. The smallest absolute Gasteiger partial charge is 0.00915 e. The van der Waals surface area contributed by atoms with Crippen molar-refractivity contribution in [3.63, 3.8) is 0 Å². The van der Waals surface area contributed by atoms with Crippen molar-refractivity contribution in [1.82, 2.24) is 10.2 Å². The van der Waals surface area contributed by atoms with Gasteiger partial charge in [-0.15, -0.1) is 0 Å². The minimum atomic E-state index is 0.803. The SMILES string of the molecule is CCN1CCC(NCC2CCC(C)CC2)CC1. The molecule has 1 saturated carbocycles. The zero-order chi connectivity index (χ0) is 12.1. The van der Waals surface area contributed by atoms with Crippen molar-refractivity contribution in [3.05, 3.63) is 0 Å². The molecule has 0 unspecified atom stereocenters. The molecule has 1 saturated heterocycles. The van der Waals surface area contributed by atoms with Gasteiger partial charge in [-0.3, -0.25) is 0 Å². The first-order chi connectivity index (χ1) is 8.28. The van der Waals surface area contributed by atoms with Gasteiger partial charge >= 0.3 is 0 Å². The van der Waals surface area contributed by atoms with Crippen LogP contribution in [0.15, 0.2) is 0 Å². The first-order valence-electron chi connectivity index (χ1n) is 7.73. The summed E-state index contributed by atoms with van der Waals surface area (Å²) in [7, 11) is 0. The van der Waals surface area contributed by atoms with E-state index in [4.69, 9.17) is 0 Å². The Kier molecular flexibility index (Phi) is 5.30. The molecular formula is C15H30N2. The third-order valence-electron chi connectivity index (χ3n) is 4.87. The van der Waals surface area contributed by atoms with E-state index in [0.717, 1.165) is 17.9 Å². The summed E-state index contributed by atoms with van der Waals surface area (Å²) >= 11 is 0. The minimum absolute atomic E-state index is 0.803. The molecule has 1 aliphatic heterocycles. The molecule has 1 aliphatic carbocycles. The van der Waals surface area contributed by atoms with Crippen LogP contribution < -0.4 is 5.32 Å². The van der Waals surface area contributed by atoms with Crippen molar-refractivity contribution in [3.8, 4) is 0 Å². The van der Waals surface area contributed by atoms with Gasteiger partial charge in [-0.1, -0.05) is 26.7 Å². The van der Waals surface area contributed by atoms with Crippen LogP contribution in [0.5, 0.6) is 0 Å². The van der Waals surface area contributed by atoms with E-state index in [9.17, 15) is 0 Å². The standard InChI is InChI=1S/C15H30N2/c1-3-17-10-8-15(9-11-17)16-12-14-6-4-13(2)5-7-14/h13-16H,3-12H2,1-2H3. The zero-order valence-electron chi connectivity index (χ0n) is 11.8. The lowest BCUT2D eigenvalue weighted by Gasteiger charge is -2.33. The second-order valence-electron chi connectivity index (χ2n) is 6.24. The summed E-state index contributed by atoms with van der Waals surface area (Å²) in [4.78, 5) is 2.57. The molecule has 0 amide bonds. The average Bonchev–Trinajstić information content (AvgIpc) is 2.39. The van der Waals surface area contributed by atoms with Gasteiger partial charge in [0.15, 0.2) is 0 Å². The molecule has 0 aromatic rings. The summed E-state index contributed by atoms with van der Waals surface area (Å²) in [6.45, 7) is 9.80. The number of hydrogen-bond acceptors (Lipinski definition) is 2. The van der Waals surface area contributed by atoms with Crippen LogP contribution >= 0.6 is 0 Å². The zero-order valence-corrected chi connectivity index (χ0v) is 11.8. The molecule has 0 bridgehead atoms. The van der Waals surface area contributed by atoms with Crippen molar-refractivity contribution < 1.29 is 0 Å². The number of nitrogens with one attached hydrogen (secondary N) is 1. The van der Waals surface area contributed by atoms with Gasteiger partial charge in [-0.25, -0.2) is 0 Å². The van der Waals surface area contributed by atoms with E-state index in [1.54, 1.807) is 0 Å². The maximum atomic E-state index is 3.82. The van der Waals surface area contributed by atoms with Crippen molar-refractivity contribution in [2.45, 2.75) is 58.4 Å². The Morgan fingerprint density at radius 3 is 2.24 bits per heavy atom. The second kappa shape index (κ2) is 6.75. The summed E-state index contributed by atoms with van der Waals surface area (Å²) in [5.41, 5.74) is 0. The Morgan fingerprint density at radius 2 is 1.65 bits per heavy atom. The Hall–Kier alpha value is -0.0800. The quantitative estimate of drug-likeness (QED) is 0.810. The summed E-state index contributed by atoms with van der Waals surface area (Å²) in [5.74, 6) is 1.95. The highest BCUT2D eigenvalue weighted by Crippen LogP contribution is 2.27. The fourth-order valence-corrected chi connectivity index (χ4v) is 3.32. The molecule has 100 valence electrons. The second-order valence-corrected chi connectivity index (χ2v) is 6.24. The summed E-state index contributed by atoms with van der Waals surface area (Å²) in [5, 5.41) is 3.82. The van der Waals surface area contributed by atoms with Crippen LogP contribution in [0, 0.1) is 11.8 Å². The number of rotatable bonds is 4. The van der Waals surface area contributed by atoms with E-state index in [-0.39, 0.29) is 0 Å². The lowest BCUT2D eigenvalue weighted by atomic mass is 9.83. The molecule has 0 radical (unpaired) electrons. The van der Waals surface area contributed by atoms with E-state index in [2.05, 4.69) is 24.1 Å². The van der Waals surface area contributed by atoms with Crippen molar-refractivity contribution in [2.75, 3.05) is 26.2 Å². The van der Waals surface area contributed by atoms with Crippen LogP contribution in [0.25, 0.3) is 0 Å². The molecule has 17 heavy (non-hydrogen) atoms. The van der Waals surface area contributed by atoms with E-state index in [0.29, 0.717) is 0 Å². The highest BCUT2D eigenvalue weighted by Gasteiger charge is 2.21. The molecule has 2 fully saturated rings. The largest absolute Gasteiger partial charge is 0.314 e. The van der Waals surface area contributed by atoms with Gasteiger partial charge in [-0.2, -0.15) is 0 Å². The van der Waals surface area contributed by atoms with Gasteiger partial charge < -0.3 is 10.2 Å². The maximum absolute atomic E-state index is 3.82. The first-order valence-corrected chi connectivity index (χ1v) is 7.73. The predicted molar refractivity (Wildman–Crippen MR) is 74.3 cm³/mol.